The third-order valence-electron chi connectivity index (χ3n) is 10.1. The molecular weight excluding hydrogens is 617 g/mol. The molecule has 0 fully saturated rings. The molecule has 4 aromatic rings. The molecule has 0 heterocycles. The molecule has 50 heavy (non-hydrogen) atoms. The van der Waals surface area contributed by atoms with Gasteiger partial charge in [-0.1, -0.05) is 159 Å². The molecule has 272 valence electrons. The molecule has 0 aromatic heterocycles. The van der Waals surface area contributed by atoms with Gasteiger partial charge < -0.3 is 20.4 Å². The lowest BCUT2D eigenvalue weighted by molar-refractivity contribution is 0.442. The maximum absolute atomic E-state index is 10.3. The van der Waals surface area contributed by atoms with Crippen molar-refractivity contribution in [3.8, 4) is 23.0 Å². The second-order valence-electron chi connectivity index (χ2n) is 19.2. The molecule has 0 unspecified atom stereocenters. The highest BCUT2D eigenvalue weighted by Gasteiger charge is 2.30. The topological polar surface area (TPSA) is 80.9 Å². The van der Waals surface area contributed by atoms with Crippen LogP contribution in [0.4, 0.5) is 0 Å². The van der Waals surface area contributed by atoms with Crippen LogP contribution < -0.4 is 0 Å². The van der Waals surface area contributed by atoms with Crippen LogP contribution >= 0.6 is 0 Å². The van der Waals surface area contributed by atoms with Gasteiger partial charge in [0.05, 0.1) is 0 Å². The summed E-state index contributed by atoms with van der Waals surface area (Å²) in [4.78, 5) is 0. The van der Waals surface area contributed by atoms with E-state index < -0.39 is 0 Å². The summed E-state index contributed by atoms with van der Waals surface area (Å²) in [6.45, 7) is 34.0. The highest BCUT2D eigenvalue weighted by Crippen LogP contribution is 2.42. The van der Waals surface area contributed by atoms with Crippen molar-refractivity contribution in [2.45, 2.75) is 143 Å². The van der Waals surface area contributed by atoms with Crippen LogP contribution in [0.15, 0.2) is 72.8 Å². The van der Waals surface area contributed by atoms with E-state index in [2.05, 4.69) is 135 Å². The number of hydrogen-bond donors (Lipinski definition) is 4. The molecule has 0 atom stereocenters. The van der Waals surface area contributed by atoms with E-state index in [4.69, 9.17) is 0 Å². The number of hydrogen-bond acceptors (Lipinski definition) is 4. The molecule has 4 N–H and O–H groups in total. The Morgan fingerprint density at radius 3 is 0.580 bits per heavy atom. The van der Waals surface area contributed by atoms with Gasteiger partial charge >= 0.3 is 0 Å². The standard InChI is InChI=1S/2C23H32O2/c2*1-21(2,3)17-13-15(9-11-19(17)24)23(7,8)16-10-12-20(25)18(14-16)22(4,5)6/h2*9-14,24-25H,1-8H3. The average Bonchev–Trinajstić information content (AvgIpc) is 2.95. The molecule has 0 saturated heterocycles. The van der Waals surface area contributed by atoms with Gasteiger partial charge in [0.1, 0.15) is 23.0 Å². The van der Waals surface area contributed by atoms with Gasteiger partial charge in [0, 0.05) is 10.8 Å². The first kappa shape index (κ1) is 40.5. The van der Waals surface area contributed by atoms with Gasteiger partial charge in [-0.3, -0.25) is 0 Å². The monoisotopic (exact) mass is 680 g/mol. The predicted octanol–water partition coefficient (Wildman–Crippen LogP) is 12.0. The Morgan fingerprint density at radius 1 is 0.280 bits per heavy atom. The average molecular weight is 681 g/mol. The SMILES string of the molecule is CC(C)(C)c1cc(C(C)(C)c2ccc(O)c(C(C)(C)C)c2)ccc1O.CC(C)(C)c1cc(C(C)(C)c2ccc(O)c(C(C)(C)C)c2)ccc1O. The zero-order valence-corrected chi connectivity index (χ0v) is 33.7. The first-order valence-electron chi connectivity index (χ1n) is 17.8. The zero-order chi connectivity index (χ0) is 38.4. The fourth-order valence-corrected chi connectivity index (χ4v) is 6.44. The Bertz CT molecular complexity index is 1550. The van der Waals surface area contributed by atoms with Crippen LogP contribution in [0, 0.1) is 0 Å². The van der Waals surface area contributed by atoms with E-state index in [0.29, 0.717) is 23.0 Å². The van der Waals surface area contributed by atoms with Crippen molar-refractivity contribution in [1.29, 1.82) is 0 Å². The van der Waals surface area contributed by atoms with E-state index in [1.165, 1.54) is 0 Å². The third kappa shape index (κ3) is 8.86. The second-order valence-corrected chi connectivity index (χ2v) is 19.2. The van der Waals surface area contributed by atoms with E-state index >= 15 is 0 Å². The second kappa shape index (κ2) is 13.7. The summed E-state index contributed by atoms with van der Waals surface area (Å²) in [7, 11) is 0. The lowest BCUT2D eigenvalue weighted by Crippen LogP contribution is -2.22. The van der Waals surface area contributed by atoms with Crippen molar-refractivity contribution in [2.24, 2.45) is 0 Å². The van der Waals surface area contributed by atoms with E-state index in [9.17, 15) is 20.4 Å². The summed E-state index contributed by atoms with van der Waals surface area (Å²) in [5.41, 5.74) is 7.46. The van der Waals surface area contributed by atoms with Crippen molar-refractivity contribution in [2.75, 3.05) is 0 Å². The number of benzene rings is 4. The maximum atomic E-state index is 10.3. The van der Waals surface area contributed by atoms with Crippen molar-refractivity contribution >= 4 is 0 Å². The van der Waals surface area contributed by atoms with Crippen molar-refractivity contribution in [3.05, 3.63) is 117 Å². The van der Waals surface area contributed by atoms with Crippen molar-refractivity contribution < 1.29 is 20.4 Å². The zero-order valence-electron chi connectivity index (χ0n) is 33.7. The largest absolute Gasteiger partial charge is 0.508 e. The molecule has 0 saturated carbocycles. The third-order valence-corrected chi connectivity index (χ3v) is 10.1. The maximum Gasteiger partial charge on any atom is 0.119 e. The first-order chi connectivity index (χ1) is 22.5. The summed E-state index contributed by atoms with van der Waals surface area (Å²) >= 11 is 0. The number of phenolic OH excluding ortho intramolecular Hbond substituents is 4. The summed E-state index contributed by atoms with van der Waals surface area (Å²) in [6.07, 6.45) is 0. The van der Waals surface area contributed by atoms with Crippen LogP contribution in [0.1, 0.15) is 155 Å². The predicted molar refractivity (Wildman–Crippen MR) is 211 cm³/mol. The smallest absolute Gasteiger partial charge is 0.119 e. The molecule has 0 spiro atoms. The molecule has 0 radical (unpaired) electrons. The number of phenols is 4. The van der Waals surface area contributed by atoms with E-state index in [1.807, 2.05) is 24.3 Å². The van der Waals surface area contributed by atoms with Crippen LogP contribution in [0.3, 0.4) is 0 Å². The lowest BCUT2D eigenvalue weighted by Gasteiger charge is -2.31. The van der Waals surface area contributed by atoms with Crippen LogP contribution in [0.5, 0.6) is 23.0 Å². The van der Waals surface area contributed by atoms with E-state index in [0.717, 1.165) is 44.5 Å². The summed E-state index contributed by atoms with van der Waals surface area (Å²) in [5.74, 6) is 1.36. The van der Waals surface area contributed by atoms with Crippen LogP contribution in [-0.4, -0.2) is 20.4 Å². The molecule has 0 aliphatic carbocycles. The van der Waals surface area contributed by atoms with Gasteiger partial charge in [-0.05, 0) is 90.4 Å². The number of rotatable bonds is 4. The Morgan fingerprint density at radius 2 is 0.440 bits per heavy atom. The van der Waals surface area contributed by atoms with Crippen LogP contribution in [-0.2, 0) is 32.5 Å². The minimum absolute atomic E-state index is 0.123. The quantitative estimate of drug-likeness (QED) is 0.173. The highest BCUT2D eigenvalue weighted by molar-refractivity contribution is 5.51. The van der Waals surface area contributed by atoms with Gasteiger partial charge in [-0.15, -0.1) is 0 Å². The summed E-state index contributed by atoms with van der Waals surface area (Å²) < 4.78 is 0. The molecule has 4 aromatic carbocycles. The fraction of sp³-hybridized carbons (Fsp3) is 0.478. The first-order valence-corrected chi connectivity index (χ1v) is 17.8. The molecule has 4 heteroatoms. The minimum atomic E-state index is -0.235. The normalized spacial score (nSPS) is 13.1. The Kier molecular flexibility index (Phi) is 11.1. The number of aromatic hydroxyl groups is 4. The van der Waals surface area contributed by atoms with Crippen molar-refractivity contribution in [1.82, 2.24) is 0 Å². The molecule has 0 amide bonds. The molecule has 0 aliphatic heterocycles. The fourth-order valence-electron chi connectivity index (χ4n) is 6.44. The van der Waals surface area contributed by atoms with E-state index in [-0.39, 0.29) is 32.5 Å². The van der Waals surface area contributed by atoms with Crippen molar-refractivity contribution in [3.63, 3.8) is 0 Å². The Balaban J connectivity index is 0.000000270. The summed E-state index contributed by atoms with van der Waals surface area (Å²) in [5, 5.41) is 41.0. The Labute approximate surface area is 303 Å². The molecule has 0 aliphatic rings. The molecule has 4 rings (SSSR count). The summed E-state index contributed by atoms with van der Waals surface area (Å²) in [6, 6.07) is 23.6. The van der Waals surface area contributed by atoms with Gasteiger partial charge in [0.15, 0.2) is 0 Å². The van der Waals surface area contributed by atoms with Gasteiger partial charge in [-0.2, -0.15) is 0 Å². The van der Waals surface area contributed by atoms with Crippen LogP contribution in [0.2, 0.25) is 0 Å². The van der Waals surface area contributed by atoms with Gasteiger partial charge in [-0.25, -0.2) is 0 Å². The Hall–Kier alpha value is -3.92. The highest BCUT2D eigenvalue weighted by atomic mass is 16.3. The van der Waals surface area contributed by atoms with E-state index in [1.54, 1.807) is 24.3 Å². The molecular formula is C46H64O4. The van der Waals surface area contributed by atoms with Gasteiger partial charge in [0.25, 0.3) is 0 Å². The molecule has 4 nitrogen and oxygen atoms in total. The minimum Gasteiger partial charge on any atom is -0.508 e. The van der Waals surface area contributed by atoms with Gasteiger partial charge in [0.2, 0.25) is 0 Å². The lowest BCUT2D eigenvalue weighted by atomic mass is 9.73. The van der Waals surface area contributed by atoms with Crippen LogP contribution in [0.25, 0.3) is 0 Å². The molecule has 0 bridgehead atoms.